The summed E-state index contributed by atoms with van der Waals surface area (Å²) in [6.07, 6.45) is 0. The van der Waals surface area contributed by atoms with Gasteiger partial charge in [-0.15, -0.1) is 0 Å². The highest BCUT2D eigenvalue weighted by Gasteiger charge is 2.17. The SMILES string of the molecule is Cc1c(NC(=O)Nc2ccc(C#N)cc2)n(C)c(=O)n1-c1ccccc1. The van der Waals surface area contributed by atoms with Crippen molar-refractivity contribution >= 4 is 17.5 Å². The molecule has 7 heteroatoms. The third-order valence-electron chi connectivity index (χ3n) is 4.01. The summed E-state index contributed by atoms with van der Waals surface area (Å²) in [5.41, 5.74) is 2.16. The lowest BCUT2D eigenvalue weighted by Gasteiger charge is -2.09. The van der Waals surface area contributed by atoms with Crippen LogP contribution in [-0.4, -0.2) is 15.2 Å². The molecule has 0 aliphatic heterocycles. The molecule has 0 bridgehead atoms. The highest BCUT2D eigenvalue weighted by molar-refractivity contribution is 5.99. The number of carbonyl (C=O) groups is 1. The number of carbonyl (C=O) groups excluding carboxylic acids is 1. The van der Waals surface area contributed by atoms with Crippen LogP contribution in [0.2, 0.25) is 0 Å². The highest BCUT2D eigenvalue weighted by atomic mass is 16.2. The number of nitriles is 1. The second-order valence-corrected chi connectivity index (χ2v) is 5.71. The third-order valence-corrected chi connectivity index (χ3v) is 4.01. The van der Waals surface area contributed by atoms with Crippen LogP contribution in [0.5, 0.6) is 0 Å². The van der Waals surface area contributed by atoms with E-state index in [1.165, 1.54) is 9.13 Å². The van der Waals surface area contributed by atoms with Crippen molar-refractivity contribution in [3.05, 3.63) is 76.3 Å². The van der Waals surface area contributed by atoms with Crippen LogP contribution >= 0.6 is 0 Å². The van der Waals surface area contributed by atoms with Crippen LogP contribution in [0.25, 0.3) is 5.69 Å². The van der Waals surface area contributed by atoms with Crippen LogP contribution < -0.4 is 16.3 Å². The summed E-state index contributed by atoms with van der Waals surface area (Å²) in [6.45, 7) is 1.77. The Hall–Kier alpha value is -3.79. The van der Waals surface area contributed by atoms with E-state index in [0.717, 1.165) is 5.69 Å². The topological polar surface area (TPSA) is 91.8 Å². The molecule has 2 aromatic carbocycles. The van der Waals surface area contributed by atoms with E-state index in [9.17, 15) is 9.59 Å². The number of nitrogens with zero attached hydrogens (tertiary/aromatic N) is 3. The van der Waals surface area contributed by atoms with Crippen LogP contribution in [0.15, 0.2) is 59.4 Å². The fourth-order valence-electron chi connectivity index (χ4n) is 2.69. The summed E-state index contributed by atoms with van der Waals surface area (Å²) in [7, 11) is 1.60. The fraction of sp³-hybridized carbons (Fsp3) is 0.105. The lowest BCUT2D eigenvalue weighted by Crippen LogP contribution is -2.24. The molecule has 2 N–H and O–H groups in total. The number of para-hydroxylation sites is 1. The van der Waals surface area contributed by atoms with E-state index in [-0.39, 0.29) is 5.69 Å². The number of hydrogen-bond donors (Lipinski definition) is 2. The Bertz CT molecular complexity index is 1040. The number of urea groups is 1. The van der Waals surface area contributed by atoms with E-state index in [2.05, 4.69) is 10.6 Å². The summed E-state index contributed by atoms with van der Waals surface area (Å²) in [5.74, 6) is 0.407. The molecule has 1 heterocycles. The summed E-state index contributed by atoms with van der Waals surface area (Å²) < 4.78 is 2.93. The molecule has 3 aromatic rings. The minimum Gasteiger partial charge on any atom is -0.308 e. The van der Waals surface area contributed by atoms with Crippen molar-refractivity contribution in [1.29, 1.82) is 5.26 Å². The van der Waals surface area contributed by atoms with E-state index >= 15 is 0 Å². The lowest BCUT2D eigenvalue weighted by molar-refractivity contribution is 0.262. The van der Waals surface area contributed by atoms with Gasteiger partial charge in [0.25, 0.3) is 0 Å². The van der Waals surface area contributed by atoms with Crippen LogP contribution in [0.1, 0.15) is 11.3 Å². The number of hydrogen-bond acceptors (Lipinski definition) is 3. The predicted molar refractivity (Wildman–Crippen MR) is 99.5 cm³/mol. The molecular formula is C19H17N5O2. The summed E-state index contributed by atoms with van der Waals surface area (Å²) >= 11 is 0. The van der Waals surface area contributed by atoms with Crippen LogP contribution in [0.3, 0.4) is 0 Å². The molecule has 0 aliphatic rings. The Morgan fingerprint density at radius 3 is 2.31 bits per heavy atom. The van der Waals surface area contributed by atoms with Crippen LogP contribution in [0.4, 0.5) is 16.3 Å². The first kappa shape index (κ1) is 17.0. The Morgan fingerprint density at radius 1 is 1.04 bits per heavy atom. The second-order valence-electron chi connectivity index (χ2n) is 5.71. The van der Waals surface area contributed by atoms with E-state index in [1.807, 2.05) is 36.4 Å². The molecule has 130 valence electrons. The number of anilines is 2. The monoisotopic (exact) mass is 347 g/mol. The van der Waals surface area contributed by atoms with Gasteiger partial charge in [0.1, 0.15) is 5.82 Å². The van der Waals surface area contributed by atoms with Gasteiger partial charge < -0.3 is 5.32 Å². The Morgan fingerprint density at radius 2 is 1.69 bits per heavy atom. The molecule has 0 radical (unpaired) electrons. The average Bonchev–Trinajstić information content (AvgIpc) is 2.86. The molecule has 0 aliphatic carbocycles. The summed E-state index contributed by atoms with van der Waals surface area (Å²) in [4.78, 5) is 24.8. The highest BCUT2D eigenvalue weighted by Crippen LogP contribution is 2.17. The van der Waals surface area contributed by atoms with Crippen LogP contribution in [-0.2, 0) is 7.05 Å². The zero-order chi connectivity index (χ0) is 18.7. The molecule has 3 rings (SSSR count). The predicted octanol–water partition coefficient (Wildman–Crippen LogP) is 3.00. The van der Waals surface area contributed by atoms with E-state index < -0.39 is 6.03 Å². The molecule has 0 spiro atoms. The first-order valence-corrected chi connectivity index (χ1v) is 7.93. The number of nitrogens with one attached hydrogen (secondary N) is 2. The molecule has 0 unspecified atom stereocenters. The molecular weight excluding hydrogens is 330 g/mol. The van der Waals surface area contributed by atoms with Crippen molar-refractivity contribution in [1.82, 2.24) is 9.13 Å². The van der Waals surface area contributed by atoms with Crippen molar-refractivity contribution in [2.75, 3.05) is 10.6 Å². The number of benzene rings is 2. The van der Waals surface area contributed by atoms with Gasteiger partial charge in [0.05, 0.1) is 23.0 Å². The van der Waals surface area contributed by atoms with Crippen molar-refractivity contribution in [3.8, 4) is 11.8 Å². The van der Waals surface area contributed by atoms with Crippen molar-refractivity contribution < 1.29 is 4.79 Å². The van der Waals surface area contributed by atoms with E-state index in [1.54, 1.807) is 38.2 Å². The first-order chi connectivity index (χ1) is 12.5. The minimum absolute atomic E-state index is 0.248. The zero-order valence-electron chi connectivity index (χ0n) is 14.4. The van der Waals surface area contributed by atoms with Gasteiger partial charge >= 0.3 is 11.7 Å². The molecule has 2 amide bonds. The number of aromatic nitrogens is 2. The fourth-order valence-corrected chi connectivity index (χ4v) is 2.69. The quantitative estimate of drug-likeness (QED) is 0.763. The van der Waals surface area contributed by atoms with Crippen molar-refractivity contribution in [3.63, 3.8) is 0 Å². The Balaban J connectivity index is 1.85. The van der Waals surface area contributed by atoms with Gasteiger partial charge in [0, 0.05) is 12.7 Å². The van der Waals surface area contributed by atoms with Gasteiger partial charge in [-0.3, -0.25) is 14.5 Å². The molecule has 0 saturated carbocycles. The largest absolute Gasteiger partial charge is 0.334 e. The van der Waals surface area contributed by atoms with Gasteiger partial charge in [-0.1, -0.05) is 18.2 Å². The van der Waals surface area contributed by atoms with Gasteiger partial charge in [-0.25, -0.2) is 9.59 Å². The first-order valence-electron chi connectivity index (χ1n) is 7.93. The average molecular weight is 347 g/mol. The maximum Gasteiger partial charge on any atom is 0.334 e. The molecule has 0 atom stereocenters. The summed E-state index contributed by atoms with van der Waals surface area (Å²) in [5, 5.41) is 14.2. The molecule has 26 heavy (non-hydrogen) atoms. The Kier molecular flexibility index (Phi) is 4.58. The van der Waals surface area contributed by atoms with E-state index in [0.29, 0.717) is 22.8 Å². The van der Waals surface area contributed by atoms with Crippen molar-refractivity contribution in [2.45, 2.75) is 6.92 Å². The maximum atomic E-state index is 12.5. The number of amides is 2. The molecule has 0 fully saturated rings. The summed E-state index contributed by atoms with van der Waals surface area (Å²) in [6, 6.07) is 17.3. The van der Waals surface area contributed by atoms with Gasteiger partial charge in [-0.05, 0) is 43.3 Å². The maximum absolute atomic E-state index is 12.5. The zero-order valence-corrected chi connectivity index (χ0v) is 14.4. The van der Waals surface area contributed by atoms with Gasteiger partial charge in [0.15, 0.2) is 0 Å². The van der Waals surface area contributed by atoms with Gasteiger partial charge in [0.2, 0.25) is 0 Å². The smallest absolute Gasteiger partial charge is 0.308 e. The van der Waals surface area contributed by atoms with Gasteiger partial charge in [-0.2, -0.15) is 5.26 Å². The molecule has 0 saturated heterocycles. The minimum atomic E-state index is -0.474. The third kappa shape index (κ3) is 3.21. The molecule has 7 nitrogen and oxygen atoms in total. The van der Waals surface area contributed by atoms with Crippen molar-refractivity contribution in [2.24, 2.45) is 7.05 Å². The van der Waals surface area contributed by atoms with E-state index in [4.69, 9.17) is 5.26 Å². The standard InChI is InChI=1S/C19H17N5O2/c1-13-17(22-18(25)21-15-10-8-14(12-20)9-11-15)23(2)19(26)24(13)16-6-4-3-5-7-16/h3-11H,1-2H3,(H2,21,22,25). The number of imidazole rings is 1. The normalized spacial score (nSPS) is 10.2. The van der Waals surface area contributed by atoms with Crippen LogP contribution in [0, 0.1) is 18.3 Å². The second kappa shape index (κ2) is 6.99. The lowest BCUT2D eigenvalue weighted by atomic mass is 10.2. The Labute approximate surface area is 150 Å². The number of rotatable bonds is 3. The molecule has 1 aromatic heterocycles.